The predicted octanol–water partition coefficient (Wildman–Crippen LogP) is 2.91. The van der Waals surface area contributed by atoms with E-state index in [2.05, 4.69) is 12.2 Å². The number of ether oxygens (including phenoxy) is 1. The van der Waals surface area contributed by atoms with Gasteiger partial charge in [0.2, 0.25) is 0 Å². The molecule has 0 amide bonds. The molecule has 0 spiro atoms. The number of halogens is 1. The number of rotatable bonds is 4. The SMILES string of the molecule is CC1(NCc2ccc([N+](=O)[O-])cc2Cl)CCCOC1. The number of nitro benzene ring substituents is 1. The smallest absolute Gasteiger partial charge is 0.270 e. The minimum atomic E-state index is -0.445. The van der Waals surface area contributed by atoms with Gasteiger partial charge in [0.05, 0.1) is 16.6 Å². The van der Waals surface area contributed by atoms with E-state index in [9.17, 15) is 10.1 Å². The second-order valence-electron chi connectivity index (χ2n) is 5.10. The molecule has 0 aromatic heterocycles. The summed E-state index contributed by atoms with van der Waals surface area (Å²) in [6.45, 7) is 4.19. The molecule has 1 saturated heterocycles. The first kappa shape index (κ1) is 14.2. The van der Waals surface area contributed by atoms with Gasteiger partial charge in [0.15, 0.2) is 0 Å². The second-order valence-corrected chi connectivity index (χ2v) is 5.51. The van der Waals surface area contributed by atoms with Gasteiger partial charge in [-0.05, 0) is 31.4 Å². The average Bonchev–Trinajstić information content (AvgIpc) is 2.38. The Morgan fingerprint density at radius 3 is 2.95 bits per heavy atom. The Balaban J connectivity index is 2.01. The third-order valence-electron chi connectivity index (χ3n) is 3.39. The maximum atomic E-state index is 10.6. The van der Waals surface area contributed by atoms with Gasteiger partial charge in [0, 0.05) is 30.8 Å². The number of hydrogen-bond acceptors (Lipinski definition) is 4. The molecule has 1 aromatic carbocycles. The van der Waals surface area contributed by atoms with Gasteiger partial charge in [-0.2, -0.15) is 0 Å². The highest BCUT2D eigenvalue weighted by molar-refractivity contribution is 6.31. The van der Waals surface area contributed by atoms with Crippen LogP contribution in [-0.2, 0) is 11.3 Å². The molecule has 1 unspecified atom stereocenters. The molecule has 1 fully saturated rings. The van der Waals surface area contributed by atoms with Crippen LogP contribution in [0.25, 0.3) is 0 Å². The Morgan fingerprint density at radius 2 is 2.37 bits per heavy atom. The van der Waals surface area contributed by atoms with E-state index < -0.39 is 4.92 Å². The van der Waals surface area contributed by atoms with Crippen molar-refractivity contribution >= 4 is 17.3 Å². The van der Waals surface area contributed by atoms with Gasteiger partial charge in [-0.3, -0.25) is 10.1 Å². The Morgan fingerprint density at radius 1 is 1.58 bits per heavy atom. The van der Waals surface area contributed by atoms with E-state index in [4.69, 9.17) is 16.3 Å². The van der Waals surface area contributed by atoms with E-state index in [1.807, 2.05) is 0 Å². The third kappa shape index (κ3) is 3.65. The summed E-state index contributed by atoms with van der Waals surface area (Å²) in [7, 11) is 0. The first-order valence-corrected chi connectivity index (χ1v) is 6.64. The molecule has 0 bridgehead atoms. The number of nitrogens with zero attached hydrogens (tertiary/aromatic N) is 1. The topological polar surface area (TPSA) is 64.4 Å². The number of nitro groups is 1. The standard InChI is InChI=1S/C13H17ClN2O3/c1-13(5-2-6-19-9-13)15-8-10-3-4-11(16(17)18)7-12(10)14/h3-4,7,15H,2,5-6,8-9H2,1H3. The van der Waals surface area contributed by atoms with E-state index in [1.165, 1.54) is 12.1 Å². The molecule has 104 valence electrons. The fourth-order valence-electron chi connectivity index (χ4n) is 2.18. The van der Waals surface area contributed by atoms with Crippen LogP contribution in [0.15, 0.2) is 18.2 Å². The Kier molecular flexibility index (Phi) is 4.39. The molecular formula is C13H17ClN2O3. The maximum absolute atomic E-state index is 10.6. The monoisotopic (exact) mass is 284 g/mol. The molecule has 0 aliphatic carbocycles. The summed E-state index contributed by atoms with van der Waals surface area (Å²) in [5.74, 6) is 0. The fourth-order valence-corrected chi connectivity index (χ4v) is 2.42. The number of non-ortho nitro benzene ring substituents is 1. The van der Waals surface area contributed by atoms with Crippen molar-refractivity contribution < 1.29 is 9.66 Å². The first-order chi connectivity index (χ1) is 9.00. The molecule has 6 heteroatoms. The maximum Gasteiger partial charge on any atom is 0.270 e. The van der Waals surface area contributed by atoms with Crippen molar-refractivity contribution in [3.63, 3.8) is 0 Å². The minimum Gasteiger partial charge on any atom is -0.380 e. The molecule has 5 nitrogen and oxygen atoms in total. The van der Waals surface area contributed by atoms with Crippen molar-refractivity contribution in [2.24, 2.45) is 0 Å². The van der Waals surface area contributed by atoms with Crippen molar-refractivity contribution in [2.75, 3.05) is 13.2 Å². The highest BCUT2D eigenvalue weighted by atomic mass is 35.5. The molecule has 1 atom stereocenters. The van der Waals surface area contributed by atoms with Crippen LogP contribution < -0.4 is 5.32 Å². The molecule has 0 radical (unpaired) electrons. The average molecular weight is 285 g/mol. The van der Waals surface area contributed by atoms with Crippen molar-refractivity contribution in [3.05, 3.63) is 38.9 Å². The summed E-state index contributed by atoms with van der Waals surface area (Å²) in [5.41, 5.74) is 0.823. The fraction of sp³-hybridized carbons (Fsp3) is 0.538. The highest BCUT2D eigenvalue weighted by Crippen LogP contribution is 2.24. The highest BCUT2D eigenvalue weighted by Gasteiger charge is 2.27. The first-order valence-electron chi connectivity index (χ1n) is 6.26. The number of benzene rings is 1. The number of nitrogens with one attached hydrogen (secondary N) is 1. The summed E-state index contributed by atoms with van der Waals surface area (Å²) in [6, 6.07) is 4.56. The Labute approximate surface area is 117 Å². The lowest BCUT2D eigenvalue weighted by Crippen LogP contribution is -2.48. The summed E-state index contributed by atoms with van der Waals surface area (Å²) >= 11 is 6.06. The summed E-state index contributed by atoms with van der Waals surface area (Å²) in [4.78, 5) is 10.2. The van der Waals surface area contributed by atoms with E-state index in [0.717, 1.165) is 25.0 Å². The van der Waals surface area contributed by atoms with Gasteiger partial charge in [0.25, 0.3) is 5.69 Å². The third-order valence-corrected chi connectivity index (χ3v) is 3.74. The molecule has 1 aliphatic rings. The Hall–Kier alpha value is -1.17. The van der Waals surface area contributed by atoms with Crippen LogP contribution in [0, 0.1) is 10.1 Å². The molecule has 1 aliphatic heterocycles. The van der Waals surface area contributed by atoms with Gasteiger partial charge in [0.1, 0.15) is 0 Å². The summed E-state index contributed by atoms with van der Waals surface area (Å²) in [6.07, 6.45) is 2.09. The predicted molar refractivity (Wildman–Crippen MR) is 73.4 cm³/mol. The zero-order valence-corrected chi connectivity index (χ0v) is 11.6. The van der Waals surface area contributed by atoms with Crippen molar-refractivity contribution in [1.82, 2.24) is 5.32 Å². The van der Waals surface area contributed by atoms with Crippen LogP contribution in [0.3, 0.4) is 0 Å². The normalized spacial score (nSPS) is 23.3. The molecule has 1 heterocycles. The van der Waals surface area contributed by atoms with Gasteiger partial charge < -0.3 is 10.1 Å². The zero-order chi connectivity index (χ0) is 13.9. The molecule has 1 aromatic rings. The lowest BCUT2D eigenvalue weighted by atomic mass is 9.94. The van der Waals surface area contributed by atoms with E-state index in [1.54, 1.807) is 6.07 Å². The van der Waals surface area contributed by atoms with E-state index >= 15 is 0 Å². The Bertz CT molecular complexity index is 473. The van der Waals surface area contributed by atoms with Gasteiger partial charge in [-0.15, -0.1) is 0 Å². The molecule has 0 saturated carbocycles. The van der Waals surface area contributed by atoms with Crippen molar-refractivity contribution in [2.45, 2.75) is 31.8 Å². The summed E-state index contributed by atoms with van der Waals surface area (Å²) in [5, 5.41) is 14.5. The van der Waals surface area contributed by atoms with Gasteiger partial charge >= 0.3 is 0 Å². The lowest BCUT2D eigenvalue weighted by molar-refractivity contribution is -0.384. The second kappa shape index (κ2) is 5.86. The zero-order valence-electron chi connectivity index (χ0n) is 10.8. The van der Waals surface area contributed by atoms with E-state index in [0.29, 0.717) is 18.2 Å². The van der Waals surface area contributed by atoms with Crippen LogP contribution in [0.2, 0.25) is 5.02 Å². The van der Waals surface area contributed by atoms with Crippen LogP contribution in [0.4, 0.5) is 5.69 Å². The summed E-state index contributed by atoms with van der Waals surface area (Å²) < 4.78 is 5.47. The lowest BCUT2D eigenvalue weighted by Gasteiger charge is -2.34. The largest absolute Gasteiger partial charge is 0.380 e. The van der Waals surface area contributed by atoms with Crippen molar-refractivity contribution in [3.8, 4) is 0 Å². The van der Waals surface area contributed by atoms with Gasteiger partial charge in [-0.1, -0.05) is 11.6 Å². The number of hydrogen-bond donors (Lipinski definition) is 1. The van der Waals surface area contributed by atoms with Gasteiger partial charge in [-0.25, -0.2) is 0 Å². The van der Waals surface area contributed by atoms with Crippen LogP contribution >= 0.6 is 11.6 Å². The van der Waals surface area contributed by atoms with Crippen LogP contribution in [0.1, 0.15) is 25.3 Å². The molecule has 2 rings (SSSR count). The molecule has 1 N–H and O–H groups in total. The molecular weight excluding hydrogens is 268 g/mol. The van der Waals surface area contributed by atoms with Crippen molar-refractivity contribution in [1.29, 1.82) is 0 Å². The van der Waals surface area contributed by atoms with E-state index in [-0.39, 0.29) is 11.2 Å². The quantitative estimate of drug-likeness (QED) is 0.682. The van der Waals surface area contributed by atoms with Crippen LogP contribution in [-0.4, -0.2) is 23.7 Å². The minimum absolute atomic E-state index is 0.0148. The van der Waals surface area contributed by atoms with Crippen LogP contribution in [0.5, 0.6) is 0 Å². The molecule has 19 heavy (non-hydrogen) atoms.